The largest absolute Gasteiger partial charge is 0.480 e. The normalized spacial score (nSPS) is 23.0. The molecular formula is C25H31N3O2. The van der Waals surface area contributed by atoms with Crippen LogP contribution in [0.4, 0.5) is 0 Å². The molecule has 5 nitrogen and oxygen atoms in total. The summed E-state index contributed by atoms with van der Waals surface area (Å²) >= 11 is 0. The smallest absolute Gasteiger partial charge is 0.321 e. The van der Waals surface area contributed by atoms with Crippen molar-refractivity contribution in [3.05, 3.63) is 71.9 Å². The molecule has 1 fully saturated rings. The Morgan fingerprint density at radius 3 is 2.47 bits per heavy atom. The summed E-state index contributed by atoms with van der Waals surface area (Å²) in [6, 6.07) is 18.4. The standard InChI is InChI=1S/C25H31N3O2/c1-28(2)25(19-8-4-3-5-9-19)14-12-20(13-15-25)27-23(24(29)30)16-18-17-26-22-11-7-6-10-21(18)22/h3-11,17,20,23,26-27H,12-16H2,1-2H3,(H,29,30)/t20?,23-,25?/m1/s1. The first-order valence-electron chi connectivity index (χ1n) is 10.8. The first-order valence-corrected chi connectivity index (χ1v) is 10.8. The molecule has 30 heavy (non-hydrogen) atoms. The van der Waals surface area contributed by atoms with Crippen LogP contribution in [0.15, 0.2) is 60.8 Å². The number of nitrogens with zero attached hydrogens (tertiary/aromatic N) is 1. The molecule has 158 valence electrons. The highest BCUT2D eigenvalue weighted by Gasteiger charge is 2.39. The first kappa shape index (κ1) is 20.6. The molecule has 0 unspecified atom stereocenters. The number of fused-ring (bicyclic) bond motifs is 1. The van der Waals surface area contributed by atoms with Gasteiger partial charge in [0.1, 0.15) is 6.04 Å². The van der Waals surface area contributed by atoms with E-state index < -0.39 is 12.0 Å². The van der Waals surface area contributed by atoms with Crippen molar-refractivity contribution in [2.75, 3.05) is 14.1 Å². The third-order valence-electron chi connectivity index (χ3n) is 6.81. The zero-order chi connectivity index (χ0) is 21.1. The second-order valence-corrected chi connectivity index (χ2v) is 8.69. The van der Waals surface area contributed by atoms with E-state index in [4.69, 9.17) is 0 Å². The summed E-state index contributed by atoms with van der Waals surface area (Å²) in [7, 11) is 4.30. The predicted octanol–water partition coefficient (Wildman–Crippen LogP) is 4.15. The Balaban J connectivity index is 1.45. The van der Waals surface area contributed by atoms with E-state index in [2.05, 4.69) is 59.6 Å². The highest BCUT2D eigenvalue weighted by molar-refractivity contribution is 5.84. The molecule has 5 heteroatoms. The Morgan fingerprint density at radius 1 is 1.13 bits per heavy atom. The second-order valence-electron chi connectivity index (χ2n) is 8.69. The molecule has 1 aliphatic rings. The minimum Gasteiger partial charge on any atom is -0.480 e. The number of carboxylic acid groups (broad SMARTS) is 1. The van der Waals surface area contributed by atoms with Gasteiger partial charge in [0, 0.05) is 35.1 Å². The van der Waals surface area contributed by atoms with Gasteiger partial charge in [-0.2, -0.15) is 0 Å². The molecule has 0 bridgehead atoms. The lowest BCUT2D eigenvalue weighted by molar-refractivity contribution is -0.139. The average Bonchev–Trinajstić information content (AvgIpc) is 3.17. The fourth-order valence-electron chi connectivity index (χ4n) is 5.03. The summed E-state index contributed by atoms with van der Waals surface area (Å²) < 4.78 is 0. The van der Waals surface area contributed by atoms with Crippen molar-refractivity contribution >= 4 is 16.9 Å². The van der Waals surface area contributed by atoms with E-state index in [1.54, 1.807) is 0 Å². The van der Waals surface area contributed by atoms with Gasteiger partial charge in [-0.25, -0.2) is 0 Å². The highest BCUT2D eigenvalue weighted by Crippen LogP contribution is 2.41. The number of nitrogens with one attached hydrogen (secondary N) is 2. The molecule has 3 aromatic rings. The van der Waals surface area contributed by atoms with E-state index in [0.29, 0.717) is 6.42 Å². The number of benzene rings is 2. The monoisotopic (exact) mass is 405 g/mol. The predicted molar refractivity (Wildman–Crippen MR) is 121 cm³/mol. The van der Waals surface area contributed by atoms with Crippen molar-refractivity contribution in [2.24, 2.45) is 0 Å². The van der Waals surface area contributed by atoms with Gasteiger partial charge in [0.25, 0.3) is 0 Å². The van der Waals surface area contributed by atoms with Crippen molar-refractivity contribution in [2.45, 2.75) is 49.7 Å². The quantitative estimate of drug-likeness (QED) is 0.552. The van der Waals surface area contributed by atoms with Crippen LogP contribution in [-0.2, 0) is 16.8 Å². The van der Waals surface area contributed by atoms with Gasteiger partial charge < -0.3 is 15.4 Å². The zero-order valence-corrected chi connectivity index (χ0v) is 17.8. The van der Waals surface area contributed by atoms with Crippen molar-refractivity contribution in [3.8, 4) is 0 Å². The number of carbonyl (C=O) groups is 1. The van der Waals surface area contributed by atoms with E-state index in [1.165, 1.54) is 5.56 Å². The minimum atomic E-state index is -0.784. The van der Waals surface area contributed by atoms with Crippen LogP contribution in [0.2, 0.25) is 0 Å². The number of H-pyrrole nitrogens is 1. The van der Waals surface area contributed by atoms with Crippen molar-refractivity contribution in [3.63, 3.8) is 0 Å². The van der Waals surface area contributed by atoms with Gasteiger partial charge in [-0.1, -0.05) is 48.5 Å². The Bertz CT molecular complexity index is 988. The number of para-hydroxylation sites is 1. The van der Waals surface area contributed by atoms with Gasteiger partial charge in [0.15, 0.2) is 0 Å². The third-order valence-corrected chi connectivity index (χ3v) is 6.81. The number of aromatic nitrogens is 1. The van der Waals surface area contributed by atoms with E-state index in [0.717, 1.165) is 42.1 Å². The Labute approximate surface area is 178 Å². The fraction of sp³-hybridized carbons (Fsp3) is 0.400. The first-order chi connectivity index (χ1) is 14.5. The Hall–Kier alpha value is -2.63. The topological polar surface area (TPSA) is 68.4 Å². The van der Waals surface area contributed by atoms with Crippen LogP contribution in [0.25, 0.3) is 10.9 Å². The van der Waals surface area contributed by atoms with Gasteiger partial charge in [-0.15, -0.1) is 0 Å². The van der Waals surface area contributed by atoms with Crippen LogP contribution in [0.1, 0.15) is 36.8 Å². The number of hydrogen-bond donors (Lipinski definition) is 3. The number of carboxylic acids is 1. The van der Waals surface area contributed by atoms with Gasteiger partial charge >= 0.3 is 5.97 Å². The maximum atomic E-state index is 12.0. The van der Waals surface area contributed by atoms with Crippen molar-refractivity contribution in [1.29, 1.82) is 0 Å². The molecule has 1 saturated carbocycles. The zero-order valence-electron chi connectivity index (χ0n) is 17.8. The molecule has 0 aliphatic heterocycles. The molecule has 4 rings (SSSR count). The molecule has 1 atom stereocenters. The summed E-state index contributed by atoms with van der Waals surface area (Å²) in [6.07, 6.45) is 6.38. The molecule has 3 N–H and O–H groups in total. The van der Waals surface area contributed by atoms with Crippen molar-refractivity contribution in [1.82, 2.24) is 15.2 Å². The number of aliphatic carboxylic acids is 1. The molecule has 1 aliphatic carbocycles. The Morgan fingerprint density at radius 2 is 1.80 bits per heavy atom. The van der Waals surface area contributed by atoms with Crippen LogP contribution < -0.4 is 5.32 Å². The van der Waals surface area contributed by atoms with E-state index in [9.17, 15) is 9.90 Å². The summed E-state index contributed by atoms with van der Waals surface area (Å²) in [4.78, 5) is 17.6. The second kappa shape index (κ2) is 8.62. The number of rotatable bonds is 7. The molecule has 1 heterocycles. The highest BCUT2D eigenvalue weighted by atomic mass is 16.4. The van der Waals surface area contributed by atoms with Crippen LogP contribution in [0, 0.1) is 0 Å². The van der Waals surface area contributed by atoms with Crippen molar-refractivity contribution < 1.29 is 9.90 Å². The molecule has 0 saturated heterocycles. The summed E-state index contributed by atoms with van der Waals surface area (Å²) in [6.45, 7) is 0. The molecule has 0 spiro atoms. The maximum absolute atomic E-state index is 12.0. The van der Waals surface area contributed by atoms with Crippen LogP contribution >= 0.6 is 0 Å². The van der Waals surface area contributed by atoms with Gasteiger partial charge in [0.05, 0.1) is 0 Å². The molecule has 0 amide bonds. The lowest BCUT2D eigenvalue weighted by Crippen LogP contribution is -2.51. The molecule has 1 aromatic heterocycles. The molecule has 0 radical (unpaired) electrons. The average molecular weight is 406 g/mol. The van der Waals surface area contributed by atoms with Crippen LogP contribution in [-0.4, -0.2) is 47.1 Å². The SMILES string of the molecule is CN(C)C1(c2ccccc2)CCC(N[C@H](Cc2c[nH]c3ccccc23)C(=O)O)CC1. The van der Waals surface area contributed by atoms with Crippen LogP contribution in [0.3, 0.4) is 0 Å². The fourth-order valence-corrected chi connectivity index (χ4v) is 5.03. The number of hydrogen-bond acceptors (Lipinski definition) is 3. The third kappa shape index (κ3) is 4.00. The summed E-state index contributed by atoms with van der Waals surface area (Å²) in [5.74, 6) is -0.784. The Kier molecular flexibility index (Phi) is 5.93. The van der Waals surface area contributed by atoms with Crippen LogP contribution in [0.5, 0.6) is 0 Å². The lowest BCUT2D eigenvalue weighted by atomic mass is 9.74. The van der Waals surface area contributed by atoms with E-state index in [-0.39, 0.29) is 11.6 Å². The van der Waals surface area contributed by atoms with Gasteiger partial charge in [-0.05, 0) is 57.0 Å². The van der Waals surface area contributed by atoms with Gasteiger partial charge in [-0.3, -0.25) is 9.69 Å². The molecule has 2 aromatic carbocycles. The molecular weight excluding hydrogens is 374 g/mol. The summed E-state index contributed by atoms with van der Waals surface area (Å²) in [5, 5.41) is 14.4. The lowest BCUT2D eigenvalue weighted by Gasteiger charge is -2.46. The maximum Gasteiger partial charge on any atom is 0.321 e. The van der Waals surface area contributed by atoms with E-state index in [1.807, 2.05) is 30.5 Å². The minimum absolute atomic E-state index is 0.0228. The number of aromatic amines is 1. The van der Waals surface area contributed by atoms with E-state index >= 15 is 0 Å². The van der Waals surface area contributed by atoms with Gasteiger partial charge in [0.2, 0.25) is 0 Å². The summed E-state index contributed by atoms with van der Waals surface area (Å²) in [5.41, 5.74) is 3.47.